The minimum atomic E-state index is -0.298. The first-order valence-corrected chi connectivity index (χ1v) is 8.10. The molecule has 2 rings (SSSR count). The molecule has 0 saturated carbocycles. The molecule has 0 radical (unpaired) electrons. The van der Waals surface area contributed by atoms with Gasteiger partial charge >= 0.3 is 0 Å². The number of benzene rings is 1. The van der Waals surface area contributed by atoms with Crippen molar-refractivity contribution in [2.45, 2.75) is 37.2 Å². The van der Waals surface area contributed by atoms with Crippen molar-refractivity contribution in [3.63, 3.8) is 0 Å². The standard InChI is InChI=1S/C16H21N3O2S/c1-10(2)19-15(21)12-8-6-7-9-13(12)17-16(19)22-11(3)14(20)18(4)5/h6-11H,1-5H3/t11-/m0/s1. The molecule has 1 amide bonds. The minimum absolute atomic E-state index is 0.00251. The molecular formula is C16H21N3O2S. The van der Waals surface area contributed by atoms with Crippen molar-refractivity contribution in [3.8, 4) is 0 Å². The van der Waals surface area contributed by atoms with Gasteiger partial charge in [0, 0.05) is 20.1 Å². The summed E-state index contributed by atoms with van der Waals surface area (Å²) in [5.74, 6) is 0.00251. The third-order valence-corrected chi connectivity index (χ3v) is 4.42. The maximum atomic E-state index is 12.7. The van der Waals surface area contributed by atoms with Crippen LogP contribution in [0.4, 0.5) is 0 Å². The molecule has 0 spiro atoms. The highest BCUT2D eigenvalue weighted by atomic mass is 32.2. The van der Waals surface area contributed by atoms with E-state index in [2.05, 4.69) is 4.98 Å². The van der Waals surface area contributed by atoms with Crippen molar-refractivity contribution in [2.24, 2.45) is 0 Å². The van der Waals surface area contributed by atoms with E-state index in [9.17, 15) is 9.59 Å². The molecule has 0 fully saturated rings. The molecule has 0 aliphatic heterocycles. The Hall–Kier alpha value is -1.82. The fourth-order valence-electron chi connectivity index (χ4n) is 2.24. The molecule has 1 aromatic heterocycles. The third-order valence-electron chi connectivity index (χ3n) is 3.36. The van der Waals surface area contributed by atoms with Crippen molar-refractivity contribution in [3.05, 3.63) is 34.6 Å². The first kappa shape index (κ1) is 16.5. The number of amides is 1. The number of hydrogen-bond donors (Lipinski definition) is 0. The van der Waals surface area contributed by atoms with E-state index in [1.807, 2.05) is 39.0 Å². The maximum Gasteiger partial charge on any atom is 0.262 e. The average Bonchev–Trinajstić information content (AvgIpc) is 2.46. The van der Waals surface area contributed by atoms with Crippen LogP contribution < -0.4 is 5.56 Å². The number of carbonyl (C=O) groups is 1. The largest absolute Gasteiger partial charge is 0.348 e. The summed E-state index contributed by atoms with van der Waals surface area (Å²) in [6.07, 6.45) is 0. The lowest BCUT2D eigenvalue weighted by Gasteiger charge is -2.20. The van der Waals surface area contributed by atoms with Crippen LogP contribution in [0, 0.1) is 0 Å². The zero-order valence-electron chi connectivity index (χ0n) is 13.5. The molecule has 0 saturated heterocycles. The van der Waals surface area contributed by atoms with Crippen LogP contribution >= 0.6 is 11.8 Å². The van der Waals surface area contributed by atoms with Gasteiger partial charge in [-0.25, -0.2) is 4.98 Å². The zero-order chi connectivity index (χ0) is 16.4. The molecule has 0 bridgehead atoms. The monoisotopic (exact) mass is 319 g/mol. The number of nitrogens with zero attached hydrogens (tertiary/aromatic N) is 3. The Morgan fingerprint density at radius 3 is 2.45 bits per heavy atom. The number of hydrogen-bond acceptors (Lipinski definition) is 4. The van der Waals surface area contributed by atoms with E-state index >= 15 is 0 Å². The number of thioether (sulfide) groups is 1. The van der Waals surface area contributed by atoms with Gasteiger partial charge in [-0.15, -0.1) is 0 Å². The van der Waals surface area contributed by atoms with Crippen molar-refractivity contribution in [2.75, 3.05) is 14.1 Å². The topological polar surface area (TPSA) is 55.2 Å². The second kappa shape index (κ2) is 6.52. The van der Waals surface area contributed by atoms with E-state index in [0.29, 0.717) is 16.1 Å². The molecule has 22 heavy (non-hydrogen) atoms. The Labute approximate surface area is 134 Å². The minimum Gasteiger partial charge on any atom is -0.348 e. The van der Waals surface area contributed by atoms with Gasteiger partial charge in [0.15, 0.2) is 5.16 Å². The van der Waals surface area contributed by atoms with Crippen LogP contribution in [0.1, 0.15) is 26.8 Å². The lowest BCUT2D eigenvalue weighted by atomic mass is 10.2. The summed E-state index contributed by atoms with van der Waals surface area (Å²) in [4.78, 5) is 30.9. The fourth-order valence-corrected chi connectivity index (χ4v) is 3.42. The molecular weight excluding hydrogens is 298 g/mol. The van der Waals surface area contributed by atoms with Crippen LogP contribution in [0.2, 0.25) is 0 Å². The van der Waals surface area contributed by atoms with Gasteiger partial charge in [-0.3, -0.25) is 14.2 Å². The van der Waals surface area contributed by atoms with Gasteiger partial charge in [-0.05, 0) is 32.9 Å². The van der Waals surface area contributed by atoms with E-state index in [1.54, 1.807) is 29.6 Å². The normalized spacial score (nSPS) is 12.6. The van der Waals surface area contributed by atoms with Crippen molar-refractivity contribution in [1.29, 1.82) is 0 Å². The summed E-state index contributed by atoms with van der Waals surface area (Å²) in [7, 11) is 3.45. The van der Waals surface area contributed by atoms with E-state index < -0.39 is 0 Å². The van der Waals surface area contributed by atoms with Crippen LogP contribution in [-0.2, 0) is 4.79 Å². The molecule has 1 heterocycles. The lowest BCUT2D eigenvalue weighted by molar-refractivity contribution is -0.127. The van der Waals surface area contributed by atoms with E-state index in [4.69, 9.17) is 0 Å². The van der Waals surface area contributed by atoms with Crippen molar-refractivity contribution < 1.29 is 4.79 Å². The van der Waals surface area contributed by atoms with Gasteiger partial charge in [0.05, 0.1) is 16.2 Å². The Morgan fingerprint density at radius 1 is 1.23 bits per heavy atom. The summed E-state index contributed by atoms with van der Waals surface area (Å²) in [6, 6.07) is 7.28. The highest BCUT2D eigenvalue weighted by molar-refractivity contribution is 8.00. The quantitative estimate of drug-likeness (QED) is 0.642. The summed E-state index contributed by atoms with van der Waals surface area (Å²) < 4.78 is 1.66. The third kappa shape index (κ3) is 3.16. The van der Waals surface area contributed by atoms with Crippen LogP contribution in [0.15, 0.2) is 34.2 Å². The molecule has 1 aromatic carbocycles. The Bertz CT molecular complexity index is 753. The van der Waals surface area contributed by atoms with Crippen LogP contribution in [0.25, 0.3) is 10.9 Å². The zero-order valence-corrected chi connectivity index (χ0v) is 14.3. The van der Waals surface area contributed by atoms with E-state index in [0.717, 1.165) is 0 Å². The highest BCUT2D eigenvalue weighted by Gasteiger charge is 2.21. The number of carbonyl (C=O) groups excluding carboxylic acids is 1. The number of para-hydroxylation sites is 1. The molecule has 0 unspecified atom stereocenters. The van der Waals surface area contributed by atoms with Gasteiger partial charge < -0.3 is 4.90 Å². The molecule has 1 atom stereocenters. The number of fused-ring (bicyclic) bond motifs is 1. The summed E-state index contributed by atoms with van der Waals surface area (Å²) in [5, 5.41) is 0.890. The molecule has 118 valence electrons. The molecule has 0 aliphatic rings. The first-order valence-electron chi connectivity index (χ1n) is 7.22. The van der Waals surface area contributed by atoms with Crippen LogP contribution in [-0.4, -0.2) is 39.7 Å². The van der Waals surface area contributed by atoms with Gasteiger partial charge in [0.25, 0.3) is 5.56 Å². The Kier molecular flexibility index (Phi) is 4.90. The smallest absolute Gasteiger partial charge is 0.262 e. The molecule has 2 aromatic rings. The second-order valence-electron chi connectivity index (χ2n) is 5.67. The summed E-state index contributed by atoms with van der Waals surface area (Å²) in [6.45, 7) is 5.72. The molecule has 6 heteroatoms. The SMILES string of the molecule is CC(C)n1c(S[C@@H](C)C(=O)N(C)C)nc2ccccc2c1=O. The predicted octanol–water partition coefficient (Wildman–Crippen LogP) is 2.55. The highest BCUT2D eigenvalue weighted by Crippen LogP contribution is 2.25. The number of rotatable bonds is 4. The Morgan fingerprint density at radius 2 is 1.86 bits per heavy atom. The second-order valence-corrected chi connectivity index (χ2v) is 6.98. The van der Waals surface area contributed by atoms with Crippen molar-refractivity contribution in [1.82, 2.24) is 14.5 Å². The summed E-state index contributed by atoms with van der Waals surface area (Å²) >= 11 is 1.32. The van der Waals surface area contributed by atoms with Gasteiger partial charge in [-0.2, -0.15) is 0 Å². The maximum absolute atomic E-state index is 12.7. The first-order chi connectivity index (χ1) is 10.3. The summed E-state index contributed by atoms with van der Waals surface area (Å²) in [5.41, 5.74) is 0.601. The predicted molar refractivity (Wildman–Crippen MR) is 90.4 cm³/mol. The molecule has 0 aliphatic carbocycles. The molecule has 0 N–H and O–H groups in total. The van der Waals surface area contributed by atoms with Gasteiger partial charge in [0.2, 0.25) is 5.91 Å². The number of aromatic nitrogens is 2. The van der Waals surface area contributed by atoms with E-state index in [-0.39, 0.29) is 22.8 Å². The lowest BCUT2D eigenvalue weighted by Crippen LogP contribution is -2.31. The fraction of sp³-hybridized carbons (Fsp3) is 0.438. The van der Waals surface area contributed by atoms with Gasteiger partial charge in [0.1, 0.15) is 0 Å². The van der Waals surface area contributed by atoms with Crippen LogP contribution in [0.3, 0.4) is 0 Å². The Balaban J connectivity index is 2.55. The van der Waals surface area contributed by atoms with Gasteiger partial charge in [-0.1, -0.05) is 23.9 Å². The van der Waals surface area contributed by atoms with Crippen LogP contribution in [0.5, 0.6) is 0 Å². The molecule has 5 nitrogen and oxygen atoms in total. The van der Waals surface area contributed by atoms with E-state index in [1.165, 1.54) is 11.8 Å². The van der Waals surface area contributed by atoms with Crippen molar-refractivity contribution >= 4 is 28.6 Å². The average molecular weight is 319 g/mol.